The van der Waals surface area contributed by atoms with Crippen LogP contribution in [0.4, 0.5) is 0 Å². The number of hydrogen-bond acceptors (Lipinski definition) is 3. The Balaban J connectivity index is 2.17. The Kier molecular flexibility index (Phi) is 5.91. The quantitative estimate of drug-likeness (QED) is 0.797. The van der Waals surface area contributed by atoms with Crippen LogP contribution in [-0.2, 0) is 13.5 Å². The van der Waals surface area contributed by atoms with Crippen molar-refractivity contribution in [3.63, 3.8) is 0 Å². The molecular formula is C12H22N2OS. The molecule has 0 radical (unpaired) electrons. The fourth-order valence-corrected chi connectivity index (χ4v) is 2.36. The minimum atomic E-state index is -0.195. The Morgan fingerprint density at radius 1 is 1.56 bits per heavy atom. The molecule has 1 heterocycles. The Morgan fingerprint density at radius 3 is 2.88 bits per heavy atom. The molecule has 0 aliphatic heterocycles. The molecule has 2 unspecified atom stereocenters. The van der Waals surface area contributed by atoms with Gasteiger partial charge in [-0.2, -0.15) is 16.9 Å². The summed E-state index contributed by atoms with van der Waals surface area (Å²) < 4.78 is 1.80. The zero-order valence-corrected chi connectivity index (χ0v) is 11.2. The number of aliphatic hydroxyl groups excluding tert-OH is 1. The van der Waals surface area contributed by atoms with E-state index in [2.05, 4.69) is 18.9 Å². The van der Waals surface area contributed by atoms with Crippen LogP contribution < -0.4 is 0 Å². The van der Waals surface area contributed by atoms with E-state index in [1.165, 1.54) is 12.0 Å². The molecule has 0 spiro atoms. The molecule has 0 fully saturated rings. The predicted molar refractivity (Wildman–Crippen MR) is 69.7 cm³/mol. The van der Waals surface area contributed by atoms with Crippen molar-refractivity contribution in [3.05, 3.63) is 18.0 Å². The van der Waals surface area contributed by atoms with Gasteiger partial charge in [0.1, 0.15) is 0 Å². The summed E-state index contributed by atoms with van der Waals surface area (Å²) in [6.45, 7) is 4.39. The predicted octanol–water partition coefficient (Wildman–Crippen LogP) is 2.25. The Hall–Kier alpha value is -0.480. The highest BCUT2D eigenvalue weighted by Gasteiger charge is 2.08. The average molecular weight is 242 g/mol. The lowest BCUT2D eigenvalue weighted by atomic mass is 10.1. The van der Waals surface area contributed by atoms with Crippen molar-refractivity contribution in [2.75, 3.05) is 5.75 Å². The van der Waals surface area contributed by atoms with Gasteiger partial charge >= 0.3 is 0 Å². The summed E-state index contributed by atoms with van der Waals surface area (Å²) >= 11 is 1.85. The first-order valence-corrected chi connectivity index (χ1v) is 6.94. The van der Waals surface area contributed by atoms with Crippen LogP contribution >= 0.6 is 11.8 Å². The van der Waals surface area contributed by atoms with E-state index in [1.807, 2.05) is 31.2 Å². The maximum Gasteiger partial charge on any atom is 0.0633 e. The van der Waals surface area contributed by atoms with E-state index in [0.29, 0.717) is 5.25 Å². The molecule has 2 atom stereocenters. The molecule has 1 aromatic rings. The van der Waals surface area contributed by atoms with Gasteiger partial charge in [-0.05, 0) is 24.8 Å². The van der Waals surface area contributed by atoms with Crippen LogP contribution in [0.1, 0.15) is 32.3 Å². The molecule has 4 heteroatoms. The minimum Gasteiger partial charge on any atom is -0.392 e. The van der Waals surface area contributed by atoms with Crippen LogP contribution in [0.15, 0.2) is 12.4 Å². The third-order valence-corrected chi connectivity index (χ3v) is 4.15. The number of aryl methyl sites for hydroxylation is 2. The highest BCUT2D eigenvalue weighted by molar-refractivity contribution is 7.99. The molecule has 16 heavy (non-hydrogen) atoms. The maximum atomic E-state index is 9.81. The molecule has 0 aliphatic rings. The Morgan fingerprint density at radius 2 is 2.31 bits per heavy atom. The molecule has 92 valence electrons. The SMILES string of the molecule is CCC(C)SCC(O)CCc1cnn(C)c1. The van der Waals surface area contributed by atoms with Gasteiger partial charge < -0.3 is 5.11 Å². The van der Waals surface area contributed by atoms with E-state index < -0.39 is 0 Å². The van der Waals surface area contributed by atoms with Crippen LogP contribution in [0, 0.1) is 0 Å². The molecule has 0 aliphatic carbocycles. The summed E-state index contributed by atoms with van der Waals surface area (Å²) in [6.07, 6.45) is 6.59. The first-order chi connectivity index (χ1) is 7.61. The van der Waals surface area contributed by atoms with Gasteiger partial charge in [0.05, 0.1) is 12.3 Å². The zero-order valence-electron chi connectivity index (χ0n) is 10.4. The third kappa shape index (κ3) is 5.03. The van der Waals surface area contributed by atoms with E-state index in [4.69, 9.17) is 0 Å². The molecular weight excluding hydrogens is 220 g/mol. The van der Waals surface area contributed by atoms with E-state index in [1.54, 1.807) is 4.68 Å². The van der Waals surface area contributed by atoms with E-state index in [-0.39, 0.29) is 6.10 Å². The second kappa shape index (κ2) is 6.97. The summed E-state index contributed by atoms with van der Waals surface area (Å²) in [6, 6.07) is 0. The smallest absolute Gasteiger partial charge is 0.0633 e. The zero-order chi connectivity index (χ0) is 12.0. The van der Waals surface area contributed by atoms with Crippen molar-refractivity contribution < 1.29 is 5.11 Å². The first-order valence-electron chi connectivity index (χ1n) is 5.89. The topological polar surface area (TPSA) is 38.1 Å². The monoisotopic (exact) mass is 242 g/mol. The second-order valence-corrected chi connectivity index (χ2v) is 5.74. The number of hydrogen-bond donors (Lipinski definition) is 1. The number of aromatic nitrogens is 2. The van der Waals surface area contributed by atoms with Gasteiger partial charge in [0, 0.05) is 24.2 Å². The molecule has 0 bridgehead atoms. The second-order valence-electron chi connectivity index (χ2n) is 4.27. The van der Waals surface area contributed by atoms with Crippen LogP contribution in [0.2, 0.25) is 0 Å². The van der Waals surface area contributed by atoms with Crippen LogP contribution in [0.25, 0.3) is 0 Å². The third-order valence-electron chi connectivity index (χ3n) is 2.67. The normalized spacial score (nSPS) is 15.0. The lowest BCUT2D eigenvalue weighted by Crippen LogP contribution is -2.13. The number of nitrogens with zero attached hydrogens (tertiary/aromatic N) is 2. The van der Waals surface area contributed by atoms with Crippen molar-refractivity contribution >= 4 is 11.8 Å². The standard InChI is InChI=1S/C12H22N2OS/c1-4-10(2)16-9-12(15)6-5-11-7-13-14(3)8-11/h7-8,10,12,15H,4-6,9H2,1-3H3. The van der Waals surface area contributed by atoms with Gasteiger partial charge in [-0.25, -0.2) is 0 Å². The van der Waals surface area contributed by atoms with Crippen LogP contribution in [-0.4, -0.2) is 32.0 Å². The molecule has 1 N–H and O–H groups in total. The van der Waals surface area contributed by atoms with E-state index in [0.717, 1.165) is 18.6 Å². The highest BCUT2D eigenvalue weighted by atomic mass is 32.2. The fraction of sp³-hybridized carbons (Fsp3) is 0.750. The highest BCUT2D eigenvalue weighted by Crippen LogP contribution is 2.16. The maximum absolute atomic E-state index is 9.81. The van der Waals surface area contributed by atoms with Crippen molar-refractivity contribution in [3.8, 4) is 0 Å². The lowest BCUT2D eigenvalue weighted by molar-refractivity contribution is 0.189. The number of rotatable bonds is 7. The molecule has 1 aromatic heterocycles. The Labute approximate surface area is 102 Å². The van der Waals surface area contributed by atoms with Crippen molar-refractivity contribution in [1.29, 1.82) is 0 Å². The molecule has 0 amide bonds. The van der Waals surface area contributed by atoms with Gasteiger partial charge in [0.15, 0.2) is 0 Å². The number of thioether (sulfide) groups is 1. The lowest BCUT2D eigenvalue weighted by Gasteiger charge is -2.12. The summed E-state index contributed by atoms with van der Waals surface area (Å²) in [5.41, 5.74) is 1.20. The van der Waals surface area contributed by atoms with Gasteiger partial charge in [-0.15, -0.1) is 0 Å². The van der Waals surface area contributed by atoms with Crippen molar-refractivity contribution in [2.24, 2.45) is 7.05 Å². The van der Waals surface area contributed by atoms with Gasteiger partial charge in [0.2, 0.25) is 0 Å². The first kappa shape index (κ1) is 13.6. The molecule has 0 saturated carbocycles. The summed E-state index contributed by atoms with van der Waals surface area (Å²) in [5, 5.41) is 14.6. The van der Waals surface area contributed by atoms with Crippen molar-refractivity contribution in [1.82, 2.24) is 9.78 Å². The largest absolute Gasteiger partial charge is 0.392 e. The van der Waals surface area contributed by atoms with Crippen LogP contribution in [0.5, 0.6) is 0 Å². The average Bonchev–Trinajstić information content (AvgIpc) is 2.69. The summed E-state index contributed by atoms with van der Waals surface area (Å²) in [4.78, 5) is 0. The van der Waals surface area contributed by atoms with Gasteiger partial charge in [-0.3, -0.25) is 4.68 Å². The number of aliphatic hydroxyl groups is 1. The van der Waals surface area contributed by atoms with E-state index >= 15 is 0 Å². The van der Waals surface area contributed by atoms with Gasteiger partial charge in [-0.1, -0.05) is 13.8 Å². The van der Waals surface area contributed by atoms with Crippen LogP contribution in [0.3, 0.4) is 0 Å². The van der Waals surface area contributed by atoms with E-state index in [9.17, 15) is 5.11 Å². The van der Waals surface area contributed by atoms with Crippen molar-refractivity contribution in [2.45, 2.75) is 44.5 Å². The Bertz CT molecular complexity index is 301. The summed E-state index contributed by atoms with van der Waals surface area (Å²) in [5.74, 6) is 0.843. The fourth-order valence-electron chi connectivity index (χ4n) is 1.41. The molecule has 1 rings (SSSR count). The molecule has 0 saturated heterocycles. The van der Waals surface area contributed by atoms with Gasteiger partial charge in [0.25, 0.3) is 0 Å². The minimum absolute atomic E-state index is 0.195. The summed E-state index contributed by atoms with van der Waals surface area (Å²) in [7, 11) is 1.92. The molecule has 3 nitrogen and oxygen atoms in total. The molecule has 0 aromatic carbocycles.